The highest BCUT2D eigenvalue weighted by atomic mass is 35.5. The van der Waals surface area contributed by atoms with E-state index in [-0.39, 0.29) is 35.5 Å². The molecule has 0 atom stereocenters. The molecule has 1 aromatic rings. The molecule has 2 amide bonds. The molecule has 0 unspecified atom stereocenters. The van der Waals surface area contributed by atoms with Crippen LogP contribution >= 0.6 is 0 Å². The minimum absolute atomic E-state index is 0. The van der Waals surface area contributed by atoms with Crippen molar-refractivity contribution in [2.24, 2.45) is 0 Å². The number of quaternary nitrogens is 1. The van der Waals surface area contributed by atoms with E-state index in [2.05, 4.69) is 5.32 Å². The second-order valence-electron chi connectivity index (χ2n) is 6.22. The maximum atomic E-state index is 12.4. The molecular formula is C17H24ClN3O5. The predicted molar refractivity (Wildman–Crippen MR) is 89.8 cm³/mol. The number of aromatic hydroxyl groups is 1. The van der Waals surface area contributed by atoms with Gasteiger partial charge in [0, 0.05) is 24.8 Å². The second-order valence-corrected chi connectivity index (χ2v) is 6.22. The summed E-state index contributed by atoms with van der Waals surface area (Å²) in [6.07, 6.45) is 0. The molecule has 0 bridgehead atoms. The first-order valence-electron chi connectivity index (χ1n) is 8.54. The molecule has 0 aromatic heterocycles. The number of nitrogens with one attached hydrogen (secondary N) is 2. The number of hydrogen-bond donors (Lipinski definition) is 3. The highest BCUT2D eigenvalue weighted by Gasteiger charge is 2.22. The summed E-state index contributed by atoms with van der Waals surface area (Å²) in [4.78, 5) is 27.4. The van der Waals surface area contributed by atoms with Crippen LogP contribution in [0.25, 0.3) is 0 Å². The molecule has 1 aromatic carbocycles. The summed E-state index contributed by atoms with van der Waals surface area (Å²) in [5.74, 6) is -0.479. The summed E-state index contributed by atoms with van der Waals surface area (Å²) in [5.41, 5.74) is 0.715. The van der Waals surface area contributed by atoms with Crippen LogP contribution in [0, 0.1) is 0 Å². The molecule has 0 radical (unpaired) electrons. The number of benzene rings is 1. The number of amides is 2. The fraction of sp³-hybridized carbons (Fsp3) is 0.529. The van der Waals surface area contributed by atoms with Gasteiger partial charge in [0.1, 0.15) is 18.8 Å². The standard InChI is InChI=1S/C17H23N3O5.ClH/c21-15-11-13(18-16(22)12-19-3-7-24-8-4-19)1-2-14(15)17(23)20-5-9-25-10-6-20;/h1-2,11,21H,3-10,12H2,(H,18,22);1H. The smallest absolute Gasteiger partial charge is 0.279 e. The summed E-state index contributed by atoms with van der Waals surface area (Å²) >= 11 is 0. The Morgan fingerprint density at radius 3 is 2.42 bits per heavy atom. The molecule has 9 heteroatoms. The third-order valence-corrected chi connectivity index (χ3v) is 4.42. The Bertz CT molecular complexity index is 631. The lowest BCUT2D eigenvalue weighted by Crippen LogP contribution is -3.15. The first-order chi connectivity index (χ1) is 12.1. The van der Waals surface area contributed by atoms with Crippen LogP contribution in [0.5, 0.6) is 5.75 Å². The Morgan fingerprint density at radius 1 is 1.12 bits per heavy atom. The minimum atomic E-state index is -0.226. The average Bonchev–Trinajstić information content (AvgIpc) is 2.63. The Balaban J connectivity index is 0.00000243. The van der Waals surface area contributed by atoms with Crippen LogP contribution in [-0.4, -0.2) is 81.0 Å². The van der Waals surface area contributed by atoms with Gasteiger partial charge in [-0.25, -0.2) is 0 Å². The quantitative estimate of drug-likeness (QED) is 0.488. The van der Waals surface area contributed by atoms with Crippen molar-refractivity contribution >= 4 is 17.5 Å². The van der Waals surface area contributed by atoms with Crippen LogP contribution in [0.3, 0.4) is 0 Å². The largest absolute Gasteiger partial charge is 1.00 e. The monoisotopic (exact) mass is 385 g/mol. The molecule has 8 nitrogen and oxygen atoms in total. The van der Waals surface area contributed by atoms with Gasteiger partial charge in [-0.3, -0.25) is 9.59 Å². The Kier molecular flexibility index (Phi) is 7.65. The Hall–Kier alpha value is -1.87. The molecule has 0 aliphatic carbocycles. The first kappa shape index (κ1) is 20.4. The lowest BCUT2D eigenvalue weighted by Gasteiger charge is -2.27. The Labute approximate surface area is 158 Å². The number of anilines is 1. The summed E-state index contributed by atoms with van der Waals surface area (Å²) < 4.78 is 10.5. The van der Waals surface area contributed by atoms with Crippen LogP contribution in [0.1, 0.15) is 10.4 Å². The number of phenolic OH excluding ortho intramolecular Hbond substituents is 1. The molecule has 26 heavy (non-hydrogen) atoms. The zero-order chi connectivity index (χ0) is 17.6. The fourth-order valence-corrected chi connectivity index (χ4v) is 3.00. The number of carbonyl (C=O) groups excluding carboxylic acids is 2. The third kappa shape index (κ3) is 5.31. The highest BCUT2D eigenvalue weighted by molar-refractivity contribution is 5.98. The Morgan fingerprint density at radius 2 is 1.77 bits per heavy atom. The minimum Gasteiger partial charge on any atom is -1.00 e. The van der Waals surface area contributed by atoms with E-state index in [9.17, 15) is 14.7 Å². The van der Waals surface area contributed by atoms with Crippen molar-refractivity contribution in [3.05, 3.63) is 23.8 Å². The normalized spacial score (nSPS) is 18.1. The summed E-state index contributed by atoms with van der Waals surface area (Å²) in [6.45, 7) is 5.35. The lowest BCUT2D eigenvalue weighted by molar-refractivity contribution is -0.899. The third-order valence-electron chi connectivity index (χ3n) is 4.42. The zero-order valence-corrected chi connectivity index (χ0v) is 15.3. The van der Waals surface area contributed by atoms with Crippen LogP contribution in [0.4, 0.5) is 5.69 Å². The zero-order valence-electron chi connectivity index (χ0n) is 14.5. The molecule has 0 spiro atoms. The molecule has 2 heterocycles. The van der Waals surface area contributed by atoms with E-state index in [4.69, 9.17) is 9.47 Å². The van der Waals surface area contributed by atoms with Crippen molar-refractivity contribution < 1.29 is 41.5 Å². The molecule has 3 N–H and O–H groups in total. The van der Waals surface area contributed by atoms with Crippen LogP contribution in [0.2, 0.25) is 0 Å². The van der Waals surface area contributed by atoms with E-state index in [1.807, 2.05) is 0 Å². The van der Waals surface area contributed by atoms with Gasteiger partial charge in [-0.2, -0.15) is 0 Å². The lowest BCUT2D eigenvalue weighted by atomic mass is 10.1. The molecular weight excluding hydrogens is 362 g/mol. The van der Waals surface area contributed by atoms with Gasteiger partial charge in [-0.15, -0.1) is 0 Å². The summed E-state index contributed by atoms with van der Waals surface area (Å²) in [6, 6.07) is 4.60. The molecule has 2 aliphatic heterocycles. The molecule has 0 saturated carbocycles. The number of ether oxygens (including phenoxy) is 2. The fourth-order valence-electron chi connectivity index (χ4n) is 3.00. The van der Waals surface area contributed by atoms with Crippen molar-refractivity contribution in [1.29, 1.82) is 0 Å². The van der Waals surface area contributed by atoms with E-state index >= 15 is 0 Å². The number of rotatable bonds is 4. The van der Waals surface area contributed by atoms with Crippen molar-refractivity contribution in [2.75, 3.05) is 64.5 Å². The molecule has 3 rings (SSSR count). The van der Waals surface area contributed by atoms with E-state index < -0.39 is 0 Å². The van der Waals surface area contributed by atoms with Crippen molar-refractivity contribution in [3.63, 3.8) is 0 Å². The number of carbonyl (C=O) groups is 2. The van der Waals surface area contributed by atoms with E-state index in [0.29, 0.717) is 51.7 Å². The van der Waals surface area contributed by atoms with Gasteiger partial charge >= 0.3 is 0 Å². The molecule has 2 saturated heterocycles. The average molecular weight is 386 g/mol. The maximum absolute atomic E-state index is 12.4. The van der Waals surface area contributed by atoms with E-state index in [1.165, 1.54) is 11.0 Å². The van der Waals surface area contributed by atoms with E-state index in [0.717, 1.165) is 13.1 Å². The van der Waals surface area contributed by atoms with Gasteiger partial charge in [-0.05, 0) is 12.1 Å². The molecule has 144 valence electrons. The van der Waals surface area contributed by atoms with Crippen molar-refractivity contribution in [3.8, 4) is 5.75 Å². The summed E-state index contributed by atoms with van der Waals surface area (Å²) in [5, 5.41) is 12.9. The van der Waals surface area contributed by atoms with Crippen LogP contribution in [0.15, 0.2) is 18.2 Å². The topological polar surface area (TPSA) is 92.5 Å². The number of phenols is 1. The first-order valence-corrected chi connectivity index (χ1v) is 8.54. The highest BCUT2D eigenvalue weighted by Crippen LogP contribution is 2.23. The van der Waals surface area contributed by atoms with Gasteiger partial charge in [0.05, 0.1) is 32.0 Å². The SMILES string of the molecule is O=C(C[NH+]1CCOCC1)Nc1ccc(C(=O)N2CCOCC2)c(O)c1.[Cl-]. The van der Waals surface area contributed by atoms with Gasteiger partial charge in [-0.1, -0.05) is 0 Å². The predicted octanol–water partition coefficient (Wildman–Crippen LogP) is -4.28. The van der Waals surface area contributed by atoms with Crippen molar-refractivity contribution in [2.45, 2.75) is 0 Å². The molecule has 2 fully saturated rings. The summed E-state index contributed by atoms with van der Waals surface area (Å²) in [7, 11) is 0. The van der Waals surface area contributed by atoms with Gasteiger partial charge in [0.2, 0.25) is 0 Å². The van der Waals surface area contributed by atoms with Crippen LogP contribution < -0.4 is 22.6 Å². The second kappa shape index (κ2) is 9.72. The number of hydrogen-bond acceptors (Lipinski definition) is 5. The number of halogens is 1. The number of morpholine rings is 2. The van der Waals surface area contributed by atoms with Crippen molar-refractivity contribution in [1.82, 2.24) is 4.90 Å². The maximum Gasteiger partial charge on any atom is 0.279 e. The number of nitrogens with zero attached hydrogens (tertiary/aromatic N) is 1. The van der Waals surface area contributed by atoms with Gasteiger partial charge < -0.3 is 42.1 Å². The van der Waals surface area contributed by atoms with Gasteiger partial charge in [0.25, 0.3) is 11.8 Å². The molecule has 2 aliphatic rings. The van der Waals surface area contributed by atoms with Gasteiger partial charge in [0.15, 0.2) is 6.54 Å². The van der Waals surface area contributed by atoms with Crippen LogP contribution in [-0.2, 0) is 14.3 Å². The van der Waals surface area contributed by atoms with E-state index in [1.54, 1.807) is 17.0 Å².